The minimum atomic E-state index is -0.576. The van der Waals surface area contributed by atoms with Crippen molar-refractivity contribution in [1.29, 1.82) is 0 Å². The number of carbonyl (C=O) groups excluding carboxylic acids is 3. The van der Waals surface area contributed by atoms with E-state index in [9.17, 15) is 19.5 Å². The first-order valence-corrected chi connectivity index (χ1v) is 10.4. The Kier molecular flexibility index (Phi) is 6.93. The number of nitrogens with zero attached hydrogens (tertiary/aromatic N) is 1. The molecule has 0 saturated carbocycles. The summed E-state index contributed by atoms with van der Waals surface area (Å²) in [5.74, 6) is -0.470. The summed E-state index contributed by atoms with van der Waals surface area (Å²) in [7, 11) is 0. The number of ketones is 2. The molecule has 6 nitrogen and oxygen atoms in total. The third-order valence-corrected chi connectivity index (χ3v) is 4.78. The van der Waals surface area contributed by atoms with Crippen LogP contribution in [0.1, 0.15) is 43.9 Å². The van der Waals surface area contributed by atoms with Crippen LogP contribution in [0.5, 0.6) is 5.75 Å². The van der Waals surface area contributed by atoms with Gasteiger partial charge in [0.25, 0.3) is 0 Å². The molecule has 1 aliphatic rings. The molecule has 2 aromatic rings. The zero-order chi connectivity index (χ0) is 23.3. The molecule has 1 N–H and O–H groups in total. The van der Waals surface area contributed by atoms with Crippen LogP contribution in [-0.4, -0.2) is 34.9 Å². The van der Waals surface area contributed by atoms with E-state index in [0.717, 1.165) is 28.8 Å². The van der Waals surface area contributed by atoms with Crippen molar-refractivity contribution in [2.75, 3.05) is 11.4 Å². The first-order chi connectivity index (χ1) is 15.1. The summed E-state index contributed by atoms with van der Waals surface area (Å²) in [4.78, 5) is 38.3. The molecule has 2 aromatic carbocycles. The number of phenolic OH excluding ortho intramolecular Hbond substituents is 1. The third kappa shape index (κ3) is 6.41. The highest BCUT2D eigenvalue weighted by molar-refractivity contribution is 6.11. The lowest BCUT2D eigenvalue weighted by molar-refractivity contribution is -0.121. The van der Waals surface area contributed by atoms with Crippen LogP contribution >= 0.6 is 0 Å². The zero-order valence-electron chi connectivity index (χ0n) is 18.5. The van der Waals surface area contributed by atoms with E-state index < -0.39 is 5.60 Å². The molecular weight excluding hydrogens is 406 g/mol. The summed E-state index contributed by atoms with van der Waals surface area (Å²) in [6.45, 7) is 6.04. The van der Waals surface area contributed by atoms with Crippen LogP contribution in [0.15, 0.2) is 54.6 Å². The SMILES string of the molecule is CC(C)(C)OC(=O)N1CCc2ccc(/C=C/C(=O)CC(=O)/C=C/c3ccc(O)cc3)cc21. The molecular formula is C26H27NO5. The summed E-state index contributed by atoms with van der Waals surface area (Å²) < 4.78 is 5.48. The fourth-order valence-corrected chi connectivity index (χ4v) is 3.26. The third-order valence-electron chi connectivity index (χ3n) is 4.78. The summed E-state index contributed by atoms with van der Waals surface area (Å²) in [6.07, 6.45) is 6.10. The molecule has 32 heavy (non-hydrogen) atoms. The van der Waals surface area contributed by atoms with E-state index in [4.69, 9.17) is 4.74 Å². The first kappa shape index (κ1) is 23.0. The van der Waals surface area contributed by atoms with E-state index in [2.05, 4.69) is 0 Å². The molecule has 1 heterocycles. The van der Waals surface area contributed by atoms with Gasteiger partial charge in [0.2, 0.25) is 0 Å². The maximum Gasteiger partial charge on any atom is 0.414 e. The second kappa shape index (κ2) is 9.64. The molecule has 0 bridgehead atoms. The van der Waals surface area contributed by atoms with Gasteiger partial charge in [0.1, 0.15) is 11.4 Å². The topological polar surface area (TPSA) is 83.9 Å². The number of rotatable bonds is 6. The van der Waals surface area contributed by atoms with Crippen LogP contribution < -0.4 is 4.90 Å². The molecule has 0 spiro atoms. The lowest BCUT2D eigenvalue weighted by Crippen LogP contribution is -2.35. The summed E-state index contributed by atoms with van der Waals surface area (Å²) in [6, 6.07) is 12.1. The zero-order valence-corrected chi connectivity index (χ0v) is 18.5. The Labute approximate surface area is 187 Å². The molecule has 1 aliphatic heterocycles. The van der Waals surface area contributed by atoms with Gasteiger partial charge in [-0.15, -0.1) is 0 Å². The minimum Gasteiger partial charge on any atom is -0.508 e. The number of benzene rings is 2. The molecule has 6 heteroatoms. The predicted molar refractivity (Wildman–Crippen MR) is 125 cm³/mol. The largest absolute Gasteiger partial charge is 0.508 e. The molecule has 0 radical (unpaired) electrons. The number of phenols is 1. The monoisotopic (exact) mass is 433 g/mol. The van der Waals surface area contributed by atoms with E-state index in [0.29, 0.717) is 6.54 Å². The second-order valence-electron chi connectivity index (χ2n) is 8.64. The highest BCUT2D eigenvalue weighted by Gasteiger charge is 2.28. The van der Waals surface area contributed by atoms with Gasteiger partial charge < -0.3 is 9.84 Å². The van der Waals surface area contributed by atoms with Gasteiger partial charge >= 0.3 is 6.09 Å². The maximum absolute atomic E-state index is 12.5. The average molecular weight is 434 g/mol. The summed E-state index contributed by atoms with van der Waals surface area (Å²) >= 11 is 0. The minimum absolute atomic E-state index is 0.148. The molecule has 1 amide bonds. The van der Waals surface area contributed by atoms with Gasteiger partial charge in [-0.25, -0.2) is 4.79 Å². The van der Waals surface area contributed by atoms with Crippen molar-refractivity contribution >= 4 is 35.5 Å². The Hall–Kier alpha value is -3.67. The number of hydrogen-bond acceptors (Lipinski definition) is 5. The van der Waals surface area contributed by atoms with Crippen molar-refractivity contribution in [3.63, 3.8) is 0 Å². The lowest BCUT2D eigenvalue weighted by atomic mass is 10.1. The molecule has 0 saturated heterocycles. The number of carbonyl (C=O) groups is 3. The fraction of sp³-hybridized carbons (Fsp3) is 0.269. The highest BCUT2D eigenvalue weighted by atomic mass is 16.6. The van der Waals surface area contributed by atoms with Crippen molar-refractivity contribution in [3.8, 4) is 5.75 Å². The maximum atomic E-state index is 12.5. The van der Waals surface area contributed by atoms with E-state index in [-0.39, 0.29) is 29.8 Å². The number of hydrogen-bond donors (Lipinski definition) is 1. The van der Waals surface area contributed by atoms with Gasteiger partial charge in [-0.3, -0.25) is 14.5 Å². The van der Waals surface area contributed by atoms with Gasteiger partial charge in [-0.05, 0) is 74.2 Å². The number of fused-ring (bicyclic) bond motifs is 1. The molecule has 166 valence electrons. The Balaban J connectivity index is 1.61. The van der Waals surface area contributed by atoms with Crippen LogP contribution in [-0.2, 0) is 20.7 Å². The average Bonchev–Trinajstić information content (AvgIpc) is 3.14. The van der Waals surface area contributed by atoms with Crippen molar-refractivity contribution in [2.24, 2.45) is 0 Å². The number of allylic oxidation sites excluding steroid dienone is 2. The standard InChI is InChI=1S/C26H27NO5/c1-26(2,3)32-25(31)27-15-14-20-9-4-19(16-24(20)27)8-13-23(30)17-22(29)12-7-18-5-10-21(28)11-6-18/h4-13,16,28H,14-15,17H2,1-3H3/b12-7+,13-8+. The van der Waals surface area contributed by atoms with Gasteiger partial charge in [0, 0.05) is 6.54 Å². The van der Waals surface area contributed by atoms with Crippen molar-refractivity contribution in [2.45, 2.75) is 39.2 Å². The van der Waals surface area contributed by atoms with Crippen LogP contribution in [0, 0.1) is 0 Å². The molecule has 0 unspecified atom stereocenters. The Morgan fingerprint density at radius 1 is 0.969 bits per heavy atom. The smallest absolute Gasteiger partial charge is 0.414 e. The number of anilines is 1. The number of amides is 1. The van der Waals surface area contributed by atoms with E-state index in [1.54, 1.807) is 29.2 Å². The Morgan fingerprint density at radius 2 is 1.56 bits per heavy atom. The molecule has 0 aliphatic carbocycles. The Bertz CT molecular complexity index is 1070. The fourth-order valence-electron chi connectivity index (χ4n) is 3.26. The van der Waals surface area contributed by atoms with Crippen LogP contribution in [0.3, 0.4) is 0 Å². The van der Waals surface area contributed by atoms with Gasteiger partial charge in [-0.2, -0.15) is 0 Å². The van der Waals surface area contributed by atoms with Gasteiger partial charge in [0.15, 0.2) is 11.6 Å². The van der Waals surface area contributed by atoms with Crippen LogP contribution in [0.2, 0.25) is 0 Å². The molecule has 0 fully saturated rings. The normalized spacial score (nSPS) is 13.5. The highest BCUT2D eigenvalue weighted by Crippen LogP contribution is 2.31. The van der Waals surface area contributed by atoms with Crippen molar-refractivity contribution in [1.82, 2.24) is 0 Å². The van der Waals surface area contributed by atoms with Crippen molar-refractivity contribution < 1.29 is 24.2 Å². The first-order valence-electron chi connectivity index (χ1n) is 10.4. The quantitative estimate of drug-likeness (QED) is 0.515. The number of aromatic hydroxyl groups is 1. The van der Waals surface area contributed by atoms with E-state index in [1.165, 1.54) is 24.3 Å². The molecule has 3 rings (SSSR count). The predicted octanol–water partition coefficient (Wildman–Crippen LogP) is 4.94. The van der Waals surface area contributed by atoms with Gasteiger partial charge in [0.05, 0.1) is 12.1 Å². The number of ether oxygens (including phenoxy) is 1. The molecule has 0 aromatic heterocycles. The Morgan fingerprint density at radius 3 is 2.19 bits per heavy atom. The van der Waals surface area contributed by atoms with E-state index in [1.807, 2.05) is 39.0 Å². The van der Waals surface area contributed by atoms with Crippen molar-refractivity contribution in [3.05, 3.63) is 71.3 Å². The second-order valence-corrected chi connectivity index (χ2v) is 8.64. The summed E-state index contributed by atoms with van der Waals surface area (Å²) in [5.41, 5.74) is 2.77. The van der Waals surface area contributed by atoms with Crippen LogP contribution in [0.25, 0.3) is 12.2 Å². The van der Waals surface area contributed by atoms with Crippen LogP contribution in [0.4, 0.5) is 10.5 Å². The van der Waals surface area contributed by atoms with Gasteiger partial charge in [-0.1, -0.05) is 36.4 Å². The summed E-state index contributed by atoms with van der Waals surface area (Å²) in [5, 5.41) is 9.28. The van der Waals surface area contributed by atoms with E-state index >= 15 is 0 Å². The molecule has 0 atom stereocenters. The lowest BCUT2D eigenvalue weighted by Gasteiger charge is -2.24.